The minimum atomic E-state index is -1.04. The minimum Gasteiger partial charge on any atom is -0.478 e. The van der Waals surface area contributed by atoms with Gasteiger partial charge in [-0.05, 0) is 11.4 Å². The summed E-state index contributed by atoms with van der Waals surface area (Å²) in [6.07, 6.45) is 2.81. The lowest BCUT2D eigenvalue weighted by Gasteiger charge is -1.88. The fraction of sp³-hybridized carbons (Fsp3) is 0.100. The van der Waals surface area contributed by atoms with Crippen molar-refractivity contribution >= 4 is 23.4 Å². The molecule has 0 fully saturated rings. The van der Waals surface area contributed by atoms with Crippen molar-refractivity contribution in [3.63, 3.8) is 0 Å². The van der Waals surface area contributed by atoms with Gasteiger partial charge in [-0.2, -0.15) is 0 Å². The van der Waals surface area contributed by atoms with Crippen molar-refractivity contribution in [1.82, 2.24) is 10.2 Å². The van der Waals surface area contributed by atoms with Crippen molar-refractivity contribution in [1.29, 1.82) is 0 Å². The Kier molecular flexibility index (Phi) is 3.11. The molecule has 2 aromatic rings. The van der Waals surface area contributed by atoms with E-state index < -0.39 is 5.97 Å². The van der Waals surface area contributed by atoms with Crippen LogP contribution in [0, 0.1) is 0 Å². The molecule has 0 bridgehead atoms. The minimum absolute atomic E-state index is 0.203. The highest BCUT2D eigenvalue weighted by molar-refractivity contribution is 7.09. The summed E-state index contributed by atoms with van der Waals surface area (Å²) in [4.78, 5) is 11.4. The molecule has 0 saturated heterocycles. The normalized spacial score (nSPS) is 11.0. The topological polar surface area (TPSA) is 76.2 Å². The fourth-order valence-electron chi connectivity index (χ4n) is 1.11. The average Bonchev–Trinajstić information content (AvgIpc) is 2.87. The van der Waals surface area contributed by atoms with Crippen molar-refractivity contribution in [2.75, 3.05) is 0 Å². The van der Waals surface area contributed by atoms with Gasteiger partial charge in [0.05, 0.1) is 6.42 Å². The Bertz CT molecular complexity index is 502. The lowest BCUT2D eigenvalue weighted by Crippen LogP contribution is -1.85. The summed E-state index contributed by atoms with van der Waals surface area (Å²) in [5, 5.41) is 17.9. The van der Waals surface area contributed by atoms with Crippen LogP contribution in [0.15, 0.2) is 28.0 Å². The van der Waals surface area contributed by atoms with Gasteiger partial charge in [-0.3, -0.25) is 0 Å². The first-order valence-corrected chi connectivity index (χ1v) is 5.38. The Hall–Kier alpha value is -1.95. The Balaban J connectivity index is 2.05. The molecule has 5 nitrogen and oxygen atoms in total. The van der Waals surface area contributed by atoms with E-state index in [1.807, 2.05) is 17.5 Å². The van der Waals surface area contributed by atoms with Gasteiger partial charge in [0.1, 0.15) is 0 Å². The molecule has 0 aliphatic heterocycles. The lowest BCUT2D eigenvalue weighted by atomic mass is 10.3. The van der Waals surface area contributed by atoms with Crippen LogP contribution in [0.5, 0.6) is 0 Å². The number of thiophene rings is 1. The van der Waals surface area contributed by atoms with Crippen LogP contribution in [0.2, 0.25) is 0 Å². The molecule has 6 heteroatoms. The largest absolute Gasteiger partial charge is 0.478 e. The summed E-state index contributed by atoms with van der Waals surface area (Å²) in [6, 6.07) is 3.92. The van der Waals surface area contributed by atoms with Crippen molar-refractivity contribution in [3.8, 4) is 0 Å². The first-order valence-electron chi connectivity index (χ1n) is 4.50. The summed E-state index contributed by atoms with van der Waals surface area (Å²) in [7, 11) is 0. The Morgan fingerprint density at radius 1 is 1.56 bits per heavy atom. The van der Waals surface area contributed by atoms with Crippen LogP contribution in [0.25, 0.3) is 6.08 Å². The molecule has 2 rings (SSSR count). The standard InChI is InChI=1S/C10H8N2O3S/c13-10(14)4-3-8-11-12-9(15-8)6-7-2-1-5-16-7/h1-5H,6H2,(H,13,14)/b4-3+. The van der Waals surface area contributed by atoms with Gasteiger partial charge in [0.25, 0.3) is 0 Å². The molecule has 82 valence electrons. The highest BCUT2D eigenvalue weighted by Gasteiger charge is 2.05. The van der Waals surface area contributed by atoms with Crippen molar-refractivity contribution in [2.45, 2.75) is 6.42 Å². The molecule has 0 amide bonds. The zero-order valence-electron chi connectivity index (χ0n) is 8.16. The van der Waals surface area contributed by atoms with Gasteiger partial charge in [-0.25, -0.2) is 4.79 Å². The number of rotatable bonds is 4. The Morgan fingerprint density at radius 2 is 2.44 bits per heavy atom. The summed E-state index contributed by atoms with van der Waals surface area (Å²) in [6.45, 7) is 0. The molecule has 0 saturated carbocycles. The number of nitrogens with zero attached hydrogens (tertiary/aromatic N) is 2. The molecular weight excluding hydrogens is 228 g/mol. The highest BCUT2D eigenvalue weighted by Crippen LogP contribution is 2.14. The Morgan fingerprint density at radius 3 is 3.12 bits per heavy atom. The molecule has 0 aliphatic carbocycles. The highest BCUT2D eigenvalue weighted by atomic mass is 32.1. The summed E-state index contributed by atoms with van der Waals surface area (Å²) in [5.41, 5.74) is 0. The average molecular weight is 236 g/mol. The number of carboxylic acid groups (broad SMARTS) is 1. The van der Waals surface area contributed by atoms with Crippen molar-refractivity contribution in [2.24, 2.45) is 0 Å². The molecule has 16 heavy (non-hydrogen) atoms. The van der Waals surface area contributed by atoms with Crippen LogP contribution in [-0.2, 0) is 11.2 Å². The van der Waals surface area contributed by atoms with E-state index in [9.17, 15) is 4.79 Å². The quantitative estimate of drug-likeness (QED) is 0.819. The van der Waals surface area contributed by atoms with Crippen LogP contribution in [0.1, 0.15) is 16.7 Å². The maximum absolute atomic E-state index is 10.3. The summed E-state index contributed by atoms with van der Waals surface area (Å²) < 4.78 is 5.24. The Labute approximate surface area is 95.1 Å². The van der Waals surface area contributed by atoms with E-state index in [2.05, 4.69) is 10.2 Å². The molecule has 0 spiro atoms. The molecule has 2 aromatic heterocycles. The van der Waals surface area contributed by atoms with Crippen LogP contribution < -0.4 is 0 Å². The maximum Gasteiger partial charge on any atom is 0.328 e. The van der Waals surface area contributed by atoms with E-state index in [1.165, 1.54) is 6.08 Å². The molecule has 2 heterocycles. The molecule has 0 atom stereocenters. The van der Waals surface area contributed by atoms with Crippen molar-refractivity contribution < 1.29 is 14.3 Å². The SMILES string of the molecule is O=C(O)/C=C/c1nnc(Cc2cccs2)o1. The van der Waals surface area contributed by atoms with Gasteiger partial charge in [0, 0.05) is 17.0 Å². The van der Waals surface area contributed by atoms with E-state index in [1.54, 1.807) is 11.3 Å². The maximum atomic E-state index is 10.3. The van der Waals surface area contributed by atoms with E-state index >= 15 is 0 Å². The van der Waals surface area contributed by atoms with Crippen LogP contribution in [0.3, 0.4) is 0 Å². The van der Waals surface area contributed by atoms with E-state index in [0.717, 1.165) is 11.0 Å². The first-order chi connectivity index (χ1) is 7.74. The molecular formula is C10H8N2O3S. The van der Waals surface area contributed by atoms with Gasteiger partial charge in [0.15, 0.2) is 0 Å². The van der Waals surface area contributed by atoms with Gasteiger partial charge in [-0.15, -0.1) is 21.5 Å². The third-order valence-corrected chi connectivity index (χ3v) is 2.63. The molecule has 0 aliphatic rings. The van der Waals surface area contributed by atoms with E-state index in [0.29, 0.717) is 12.3 Å². The molecule has 0 radical (unpaired) electrons. The van der Waals surface area contributed by atoms with Gasteiger partial charge in [0.2, 0.25) is 11.8 Å². The number of aromatic nitrogens is 2. The number of hydrogen-bond acceptors (Lipinski definition) is 5. The second-order valence-corrected chi connectivity index (χ2v) is 3.99. The monoisotopic (exact) mass is 236 g/mol. The molecule has 1 N–H and O–H groups in total. The number of carboxylic acids is 1. The van der Waals surface area contributed by atoms with Crippen LogP contribution in [-0.4, -0.2) is 21.3 Å². The third-order valence-electron chi connectivity index (χ3n) is 1.76. The predicted molar refractivity (Wildman–Crippen MR) is 58.1 cm³/mol. The fourth-order valence-corrected chi connectivity index (χ4v) is 1.81. The third kappa shape index (κ3) is 2.77. The first kappa shape index (κ1) is 10.6. The van der Waals surface area contributed by atoms with Gasteiger partial charge < -0.3 is 9.52 Å². The number of aliphatic carboxylic acids is 1. The zero-order chi connectivity index (χ0) is 11.4. The summed E-state index contributed by atoms with van der Waals surface area (Å²) in [5.74, 6) is -0.362. The van der Waals surface area contributed by atoms with Gasteiger partial charge >= 0.3 is 5.97 Å². The van der Waals surface area contributed by atoms with Crippen LogP contribution in [0.4, 0.5) is 0 Å². The second kappa shape index (κ2) is 4.71. The van der Waals surface area contributed by atoms with E-state index in [4.69, 9.17) is 9.52 Å². The smallest absolute Gasteiger partial charge is 0.328 e. The second-order valence-electron chi connectivity index (χ2n) is 2.96. The summed E-state index contributed by atoms with van der Waals surface area (Å²) >= 11 is 1.61. The van der Waals surface area contributed by atoms with Gasteiger partial charge in [-0.1, -0.05) is 6.07 Å². The number of hydrogen-bond donors (Lipinski definition) is 1. The molecule has 0 aromatic carbocycles. The van der Waals surface area contributed by atoms with Crippen molar-refractivity contribution in [3.05, 3.63) is 40.2 Å². The van der Waals surface area contributed by atoms with Crippen LogP contribution >= 0.6 is 11.3 Å². The molecule has 0 unspecified atom stereocenters. The predicted octanol–water partition coefficient (Wildman–Crippen LogP) is 1.82. The lowest BCUT2D eigenvalue weighted by molar-refractivity contribution is -0.131. The van der Waals surface area contributed by atoms with E-state index in [-0.39, 0.29) is 5.89 Å². The zero-order valence-corrected chi connectivity index (χ0v) is 8.98. The number of carbonyl (C=O) groups is 1.